The summed E-state index contributed by atoms with van der Waals surface area (Å²) in [4.78, 5) is 22.6. The van der Waals surface area contributed by atoms with Crippen molar-refractivity contribution >= 4 is 11.6 Å². The molecule has 1 saturated carbocycles. The lowest BCUT2D eigenvalue weighted by molar-refractivity contribution is -0.385. The Morgan fingerprint density at radius 3 is 2.85 bits per heavy atom. The zero-order valence-electron chi connectivity index (χ0n) is 12.0. The molecule has 3 atom stereocenters. The van der Waals surface area contributed by atoms with E-state index in [1.807, 2.05) is 0 Å². The fourth-order valence-electron chi connectivity index (χ4n) is 2.79. The van der Waals surface area contributed by atoms with Crippen LogP contribution in [-0.2, 0) is 7.05 Å². The molecule has 20 heavy (non-hydrogen) atoms. The fourth-order valence-corrected chi connectivity index (χ4v) is 2.79. The molecule has 7 heteroatoms. The lowest BCUT2D eigenvalue weighted by Gasteiger charge is -2.34. The van der Waals surface area contributed by atoms with Crippen LogP contribution in [0.1, 0.15) is 43.6 Å². The van der Waals surface area contributed by atoms with Crippen LogP contribution in [0, 0.1) is 22.0 Å². The van der Waals surface area contributed by atoms with Crippen LogP contribution in [-0.4, -0.2) is 26.7 Å². The summed E-state index contributed by atoms with van der Waals surface area (Å²) in [6.45, 7) is 4.29. The van der Waals surface area contributed by atoms with E-state index in [9.17, 15) is 14.9 Å². The molecule has 1 aromatic heterocycles. The molecule has 3 unspecified atom stereocenters. The number of aryl methyl sites for hydroxylation is 1. The maximum Gasteiger partial charge on any atom is 0.320 e. The first-order chi connectivity index (χ1) is 9.40. The lowest BCUT2D eigenvalue weighted by Crippen LogP contribution is -2.44. The predicted octanol–water partition coefficient (Wildman–Crippen LogP) is 1.88. The van der Waals surface area contributed by atoms with Gasteiger partial charge in [0.15, 0.2) is 0 Å². The van der Waals surface area contributed by atoms with E-state index in [0.29, 0.717) is 11.8 Å². The second-order valence-electron chi connectivity index (χ2n) is 5.64. The number of nitro groups is 1. The summed E-state index contributed by atoms with van der Waals surface area (Å²) in [7, 11) is 1.56. The fraction of sp³-hybridized carbons (Fsp3) is 0.692. The monoisotopic (exact) mass is 280 g/mol. The molecule has 0 spiro atoms. The van der Waals surface area contributed by atoms with Gasteiger partial charge in [0, 0.05) is 13.1 Å². The molecule has 1 aliphatic carbocycles. The minimum atomic E-state index is -0.575. The molecule has 0 bridgehead atoms. The van der Waals surface area contributed by atoms with E-state index in [2.05, 4.69) is 24.3 Å². The zero-order chi connectivity index (χ0) is 14.9. The van der Waals surface area contributed by atoms with Crippen molar-refractivity contribution in [1.29, 1.82) is 0 Å². The predicted molar refractivity (Wildman–Crippen MR) is 73.3 cm³/mol. The van der Waals surface area contributed by atoms with E-state index in [-0.39, 0.29) is 17.4 Å². The van der Waals surface area contributed by atoms with Crippen molar-refractivity contribution in [3.05, 3.63) is 22.0 Å². The van der Waals surface area contributed by atoms with Gasteiger partial charge in [-0.25, -0.2) is 0 Å². The first-order valence-electron chi connectivity index (χ1n) is 6.89. The Kier molecular flexibility index (Phi) is 4.06. The Labute approximate surface area is 117 Å². The van der Waals surface area contributed by atoms with Gasteiger partial charge in [0.2, 0.25) is 5.69 Å². The smallest absolute Gasteiger partial charge is 0.320 e. The van der Waals surface area contributed by atoms with E-state index in [4.69, 9.17) is 0 Å². The van der Waals surface area contributed by atoms with Crippen molar-refractivity contribution in [3.8, 4) is 0 Å². The summed E-state index contributed by atoms with van der Waals surface area (Å²) in [5, 5.41) is 17.7. The van der Waals surface area contributed by atoms with Crippen LogP contribution in [0.2, 0.25) is 0 Å². The van der Waals surface area contributed by atoms with Crippen LogP contribution < -0.4 is 5.32 Å². The standard InChI is InChI=1S/C13H20N4O3/c1-8-5-4-6-10(9(8)2)14-13(18)12-11(17(19)20)7-16(3)15-12/h7-10H,4-6H2,1-3H3,(H,14,18). The molecule has 1 aliphatic rings. The van der Waals surface area contributed by atoms with Gasteiger partial charge < -0.3 is 5.32 Å². The van der Waals surface area contributed by atoms with Gasteiger partial charge in [0.05, 0.1) is 4.92 Å². The highest BCUT2D eigenvalue weighted by atomic mass is 16.6. The maximum absolute atomic E-state index is 12.2. The Hall–Kier alpha value is -1.92. The Bertz CT molecular complexity index is 526. The highest BCUT2D eigenvalue weighted by molar-refractivity contribution is 5.96. The van der Waals surface area contributed by atoms with Gasteiger partial charge in [-0.1, -0.05) is 26.7 Å². The van der Waals surface area contributed by atoms with Crippen molar-refractivity contribution < 1.29 is 9.72 Å². The van der Waals surface area contributed by atoms with Gasteiger partial charge in [-0.05, 0) is 18.3 Å². The Balaban J connectivity index is 2.14. The number of nitrogens with one attached hydrogen (secondary N) is 1. The third-order valence-electron chi connectivity index (χ3n) is 4.24. The molecule has 110 valence electrons. The number of hydrogen-bond acceptors (Lipinski definition) is 4. The minimum absolute atomic E-state index is 0.0628. The molecule has 1 aromatic rings. The van der Waals surface area contributed by atoms with Crippen molar-refractivity contribution in [2.24, 2.45) is 18.9 Å². The van der Waals surface area contributed by atoms with Crippen molar-refractivity contribution in [3.63, 3.8) is 0 Å². The average molecular weight is 280 g/mol. The number of aromatic nitrogens is 2. The number of rotatable bonds is 3. The first kappa shape index (κ1) is 14.5. The third kappa shape index (κ3) is 2.81. The average Bonchev–Trinajstić information content (AvgIpc) is 2.77. The molecule has 1 N–H and O–H groups in total. The first-order valence-corrected chi connectivity index (χ1v) is 6.89. The molecule has 1 heterocycles. The van der Waals surface area contributed by atoms with Crippen molar-refractivity contribution in [2.75, 3.05) is 0 Å². The molecule has 2 rings (SSSR count). The second kappa shape index (κ2) is 5.60. The molecule has 7 nitrogen and oxygen atoms in total. The van der Waals surface area contributed by atoms with Crippen LogP contribution >= 0.6 is 0 Å². The van der Waals surface area contributed by atoms with Gasteiger partial charge in [0.1, 0.15) is 6.20 Å². The normalized spacial score (nSPS) is 26.2. The second-order valence-corrected chi connectivity index (χ2v) is 5.64. The van der Waals surface area contributed by atoms with Gasteiger partial charge in [-0.15, -0.1) is 0 Å². The molecule has 0 saturated heterocycles. The quantitative estimate of drug-likeness (QED) is 0.676. The Morgan fingerprint density at radius 1 is 1.50 bits per heavy atom. The molecule has 0 radical (unpaired) electrons. The summed E-state index contributed by atoms with van der Waals surface area (Å²) < 4.78 is 1.29. The molecular weight excluding hydrogens is 260 g/mol. The van der Waals surface area contributed by atoms with Crippen molar-refractivity contribution in [2.45, 2.75) is 39.2 Å². The Morgan fingerprint density at radius 2 is 2.20 bits per heavy atom. The third-order valence-corrected chi connectivity index (χ3v) is 4.24. The summed E-state index contributed by atoms with van der Waals surface area (Å²) in [6.07, 6.45) is 4.40. The topological polar surface area (TPSA) is 90.1 Å². The largest absolute Gasteiger partial charge is 0.347 e. The number of amides is 1. The lowest BCUT2D eigenvalue weighted by atomic mass is 9.78. The van der Waals surface area contributed by atoms with Gasteiger partial charge in [-0.2, -0.15) is 5.10 Å². The van der Waals surface area contributed by atoms with Crippen LogP contribution in [0.3, 0.4) is 0 Å². The zero-order valence-corrected chi connectivity index (χ0v) is 12.0. The van der Waals surface area contributed by atoms with Gasteiger partial charge >= 0.3 is 5.69 Å². The van der Waals surface area contributed by atoms with Gasteiger partial charge in [-0.3, -0.25) is 19.6 Å². The summed E-state index contributed by atoms with van der Waals surface area (Å²) in [6, 6.07) is 0.0628. The van der Waals surface area contributed by atoms with Crippen LogP contribution in [0.25, 0.3) is 0 Å². The minimum Gasteiger partial charge on any atom is -0.347 e. The van der Waals surface area contributed by atoms with Crippen LogP contribution in [0.15, 0.2) is 6.20 Å². The molecule has 0 aromatic carbocycles. The van der Waals surface area contributed by atoms with Crippen molar-refractivity contribution in [1.82, 2.24) is 15.1 Å². The van der Waals surface area contributed by atoms with E-state index in [1.165, 1.54) is 10.9 Å². The highest BCUT2D eigenvalue weighted by Gasteiger charge is 2.31. The number of hydrogen-bond donors (Lipinski definition) is 1. The summed E-state index contributed by atoms with van der Waals surface area (Å²) in [5.74, 6) is 0.464. The molecule has 1 amide bonds. The van der Waals surface area contributed by atoms with Crippen LogP contribution in [0.5, 0.6) is 0 Å². The number of carbonyl (C=O) groups is 1. The van der Waals surface area contributed by atoms with E-state index in [0.717, 1.165) is 19.3 Å². The summed E-state index contributed by atoms with van der Waals surface area (Å²) >= 11 is 0. The maximum atomic E-state index is 12.2. The van der Waals surface area contributed by atoms with E-state index < -0.39 is 10.8 Å². The molecule has 0 aliphatic heterocycles. The molecule has 1 fully saturated rings. The number of carbonyl (C=O) groups excluding carboxylic acids is 1. The van der Waals surface area contributed by atoms with Crippen LogP contribution in [0.4, 0.5) is 5.69 Å². The SMILES string of the molecule is CC1CCCC(NC(=O)c2nn(C)cc2[N+](=O)[O-])C1C. The molecular formula is C13H20N4O3. The van der Waals surface area contributed by atoms with E-state index >= 15 is 0 Å². The summed E-state index contributed by atoms with van der Waals surface area (Å²) in [5.41, 5.74) is -0.357. The van der Waals surface area contributed by atoms with Gasteiger partial charge in [0.25, 0.3) is 5.91 Å². The van der Waals surface area contributed by atoms with E-state index in [1.54, 1.807) is 7.05 Å². The number of nitrogens with zero attached hydrogens (tertiary/aromatic N) is 3. The highest BCUT2D eigenvalue weighted by Crippen LogP contribution is 2.30.